The van der Waals surface area contributed by atoms with Crippen molar-refractivity contribution >= 4 is 16.6 Å². The fraction of sp³-hybridized carbons (Fsp3) is 0.375. The van der Waals surface area contributed by atoms with Gasteiger partial charge in [0.2, 0.25) is 0 Å². The average molecular weight is 391 g/mol. The highest BCUT2D eigenvalue weighted by molar-refractivity contribution is 5.94. The van der Waals surface area contributed by atoms with Gasteiger partial charge in [0.05, 0.1) is 7.11 Å². The molecule has 1 unspecified atom stereocenters. The number of anilines is 1. The van der Waals surface area contributed by atoms with Crippen molar-refractivity contribution in [2.24, 2.45) is 0 Å². The summed E-state index contributed by atoms with van der Waals surface area (Å²) in [4.78, 5) is 9.55. The lowest BCUT2D eigenvalue weighted by Gasteiger charge is -2.40. The van der Waals surface area contributed by atoms with Crippen LogP contribution in [0.4, 0.5) is 5.69 Å². The Labute approximate surface area is 173 Å². The minimum atomic E-state index is 0.473. The van der Waals surface area contributed by atoms with Crippen LogP contribution >= 0.6 is 0 Å². The van der Waals surface area contributed by atoms with Crippen molar-refractivity contribution in [1.29, 1.82) is 0 Å². The van der Waals surface area contributed by atoms with Gasteiger partial charge >= 0.3 is 0 Å². The molecular weight excluding hydrogens is 360 g/mol. The van der Waals surface area contributed by atoms with Gasteiger partial charge in [0, 0.05) is 56.0 Å². The number of likely N-dealkylation sites (N-methyl/N-ethyl adjacent to an activating group) is 1. The summed E-state index contributed by atoms with van der Waals surface area (Å²) in [6.45, 7) is 5.36. The standard InChI is InChI=1S/C24H30N4O/c1-27-16-17-28(22(18-27)19-8-4-3-5-9-19)15-7-13-25-21-12-14-26-24-20(21)10-6-11-23(24)29-2/h3-6,8-12,14,22H,7,13,15-18H2,1-2H3,(H,25,26). The molecule has 2 heterocycles. The molecule has 0 amide bonds. The van der Waals surface area contributed by atoms with Gasteiger partial charge in [0.15, 0.2) is 0 Å². The van der Waals surface area contributed by atoms with Gasteiger partial charge in [0.1, 0.15) is 11.3 Å². The van der Waals surface area contributed by atoms with Crippen molar-refractivity contribution < 1.29 is 4.74 Å². The van der Waals surface area contributed by atoms with Crippen LogP contribution < -0.4 is 10.1 Å². The number of fused-ring (bicyclic) bond motifs is 1. The molecule has 1 atom stereocenters. The van der Waals surface area contributed by atoms with E-state index >= 15 is 0 Å². The molecule has 5 nitrogen and oxygen atoms in total. The Morgan fingerprint density at radius 1 is 1.07 bits per heavy atom. The second kappa shape index (κ2) is 9.25. The number of piperazine rings is 1. The molecule has 1 saturated heterocycles. The zero-order chi connectivity index (χ0) is 20.1. The predicted octanol–water partition coefficient (Wildman–Crippen LogP) is 4.03. The van der Waals surface area contributed by atoms with Crippen LogP contribution in [0.25, 0.3) is 10.9 Å². The van der Waals surface area contributed by atoms with E-state index < -0.39 is 0 Å². The molecule has 4 rings (SSSR count). The number of rotatable bonds is 7. The maximum absolute atomic E-state index is 5.45. The summed E-state index contributed by atoms with van der Waals surface area (Å²) in [5, 5.41) is 4.71. The molecule has 3 aromatic rings. The number of ether oxygens (including phenoxy) is 1. The SMILES string of the molecule is COc1cccc2c(NCCCN3CCN(C)CC3c3ccccc3)ccnc12. The molecule has 152 valence electrons. The molecule has 1 fully saturated rings. The second-order valence-electron chi connectivity index (χ2n) is 7.72. The zero-order valence-electron chi connectivity index (χ0n) is 17.3. The summed E-state index contributed by atoms with van der Waals surface area (Å²) in [5.41, 5.74) is 3.44. The zero-order valence-corrected chi connectivity index (χ0v) is 17.3. The van der Waals surface area contributed by atoms with Gasteiger partial charge in [-0.25, -0.2) is 0 Å². The monoisotopic (exact) mass is 390 g/mol. The molecule has 1 aliphatic heterocycles. The molecule has 1 N–H and O–H groups in total. The highest BCUT2D eigenvalue weighted by Gasteiger charge is 2.25. The average Bonchev–Trinajstić information content (AvgIpc) is 2.77. The molecule has 0 radical (unpaired) electrons. The topological polar surface area (TPSA) is 40.6 Å². The number of para-hydroxylation sites is 1. The van der Waals surface area contributed by atoms with Crippen molar-refractivity contribution in [2.75, 3.05) is 52.2 Å². The summed E-state index contributed by atoms with van der Waals surface area (Å²) in [6.07, 6.45) is 2.94. The first kappa shape index (κ1) is 19.7. The fourth-order valence-electron chi connectivity index (χ4n) is 4.19. The van der Waals surface area contributed by atoms with Crippen LogP contribution in [0, 0.1) is 0 Å². The minimum absolute atomic E-state index is 0.473. The Morgan fingerprint density at radius 3 is 2.76 bits per heavy atom. The summed E-state index contributed by atoms with van der Waals surface area (Å²) >= 11 is 0. The highest BCUT2D eigenvalue weighted by Crippen LogP contribution is 2.29. The Hall–Kier alpha value is -2.63. The molecule has 1 aromatic heterocycles. The fourth-order valence-corrected chi connectivity index (χ4v) is 4.19. The molecule has 1 aliphatic rings. The Bertz CT molecular complexity index is 931. The Balaban J connectivity index is 1.38. The number of hydrogen-bond acceptors (Lipinski definition) is 5. The van der Waals surface area contributed by atoms with Gasteiger partial charge in [-0.15, -0.1) is 0 Å². The van der Waals surface area contributed by atoms with Crippen LogP contribution in [0.1, 0.15) is 18.0 Å². The number of hydrogen-bond donors (Lipinski definition) is 1. The van der Waals surface area contributed by atoms with E-state index in [1.54, 1.807) is 7.11 Å². The molecule has 5 heteroatoms. The molecule has 0 spiro atoms. The second-order valence-corrected chi connectivity index (χ2v) is 7.72. The molecule has 0 bridgehead atoms. The van der Waals surface area contributed by atoms with Gasteiger partial charge in [-0.05, 0) is 31.2 Å². The molecular formula is C24H30N4O. The van der Waals surface area contributed by atoms with E-state index in [-0.39, 0.29) is 0 Å². The lowest BCUT2D eigenvalue weighted by atomic mass is 10.0. The van der Waals surface area contributed by atoms with Crippen LogP contribution in [-0.2, 0) is 0 Å². The number of methoxy groups -OCH3 is 1. The van der Waals surface area contributed by atoms with E-state index in [0.29, 0.717) is 6.04 Å². The van der Waals surface area contributed by atoms with Gasteiger partial charge in [-0.2, -0.15) is 0 Å². The quantitative estimate of drug-likeness (QED) is 0.617. The maximum atomic E-state index is 5.45. The Morgan fingerprint density at radius 2 is 1.93 bits per heavy atom. The number of aromatic nitrogens is 1. The van der Waals surface area contributed by atoms with Gasteiger partial charge in [-0.1, -0.05) is 42.5 Å². The number of benzene rings is 2. The lowest BCUT2D eigenvalue weighted by molar-refractivity contribution is 0.0897. The first-order valence-electron chi connectivity index (χ1n) is 10.4. The molecule has 0 saturated carbocycles. The number of nitrogens with one attached hydrogen (secondary N) is 1. The molecule has 2 aromatic carbocycles. The first-order chi connectivity index (χ1) is 14.3. The normalized spacial score (nSPS) is 18.1. The van der Waals surface area contributed by atoms with E-state index in [1.165, 1.54) is 5.56 Å². The van der Waals surface area contributed by atoms with Crippen LogP contribution in [0.5, 0.6) is 5.75 Å². The summed E-state index contributed by atoms with van der Waals surface area (Å²) in [7, 11) is 3.91. The first-order valence-corrected chi connectivity index (χ1v) is 10.4. The van der Waals surface area contributed by atoms with Crippen molar-refractivity contribution in [3.63, 3.8) is 0 Å². The summed E-state index contributed by atoms with van der Waals surface area (Å²) in [6, 6.07) is 19.5. The van der Waals surface area contributed by atoms with Crippen molar-refractivity contribution in [1.82, 2.24) is 14.8 Å². The van der Waals surface area contributed by atoms with E-state index in [2.05, 4.69) is 63.5 Å². The molecule has 0 aliphatic carbocycles. The largest absolute Gasteiger partial charge is 0.494 e. The van der Waals surface area contributed by atoms with E-state index in [4.69, 9.17) is 4.74 Å². The van der Waals surface area contributed by atoms with Crippen molar-refractivity contribution in [3.05, 3.63) is 66.4 Å². The third-order valence-corrected chi connectivity index (χ3v) is 5.77. The number of pyridine rings is 1. The van der Waals surface area contributed by atoms with Crippen molar-refractivity contribution in [3.8, 4) is 5.75 Å². The van der Waals surface area contributed by atoms with Crippen LogP contribution in [0.3, 0.4) is 0 Å². The maximum Gasteiger partial charge on any atom is 0.145 e. The van der Waals surface area contributed by atoms with E-state index in [0.717, 1.165) is 61.5 Å². The van der Waals surface area contributed by atoms with Crippen LogP contribution in [-0.4, -0.2) is 61.7 Å². The van der Waals surface area contributed by atoms with E-state index in [1.807, 2.05) is 24.4 Å². The van der Waals surface area contributed by atoms with Crippen LogP contribution in [0.2, 0.25) is 0 Å². The smallest absolute Gasteiger partial charge is 0.145 e. The van der Waals surface area contributed by atoms with Gasteiger partial charge in [-0.3, -0.25) is 9.88 Å². The predicted molar refractivity (Wildman–Crippen MR) is 120 cm³/mol. The minimum Gasteiger partial charge on any atom is -0.494 e. The van der Waals surface area contributed by atoms with E-state index in [9.17, 15) is 0 Å². The van der Waals surface area contributed by atoms with Gasteiger partial charge < -0.3 is 15.0 Å². The van der Waals surface area contributed by atoms with Crippen molar-refractivity contribution in [2.45, 2.75) is 12.5 Å². The third-order valence-electron chi connectivity index (χ3n) is 5.77. The Kier molecular flexibility index (Phi) is 6.27. The highest BCUT2D eigenvalue weighted by atomic mass is 16.5. The van der Waals surface area contributed by atoms with Gasteiger partial charge in [0.25, 0.3) is 0 Å². The lowest BCUT2D eigenvalue weighted by Crippen LogP contribution is -2.47. The van der Waals surface area contributed by atoms with Crippen LogP contribution in [0.15, 0.2) is 60.8 Å². The number of nitrogens with zero attached hydrogens (tertiary/aromatic N) is 3. The third kappa shape index (κ3) is 4.52. The summed E-state index contributed by atoms with van der Waals surface area (Å²) in [5.74, 6) is 0.814. The molecule has 29 heavy (non-hydrogen) atoms. The summed E-state index contributed by atoms with van der Waals surface area (Å²) < 4.78 is 5.45.